The molecule has 2 amide bonds. The Morgan fingerprint density at radius 3 is 2.56 bits per heavy atom. The highest BCUT2D eigenvalue weighted by molar-refractivity contribution is 6.11. The molecule has 1 N–H and O–H groups in total. The Morgan fingerprint density at radius 2 is 1.91 bits per heavy atom. The number of hydrogen-bond acceptors (Lipinski definition) is 4. The van der Waals surface area contributed by atoms with Crippen LogP contribution >= 0.6 is 0 Å². The van der Waals surface area contributed by atoms with Crippen molar-refractivity contribution in [1.82, 2.24) is 9.47 Å². The van der Waals surface area contributed by atoms with E-state index in [1.165, 1.54) is 11.8 Å². The van der Waals surface area contributed by atoms with Gasteiger partial charge in [-0.1, -0.05) is 24.8 Å². The molecule has 3 aromatic rings. The van der Waals surface area contributed by atoms with Crippen LogP contribution in [-0.2, 0) is 9.59 Å². The second-order valence-corrected chi connectivity index (χ2v) is 9.46. The van der Waals surface area contributed by atoms with Crippen LogP contribution in [0.2, 0.25) is 0 Å². The number of rotatable bonds is 5. The lowest BCUT2D eigenvalue weighted by Gasteiger charge is -2.20. The lowest BCUT2D eigenvalue weighted by Crippen LogP contribution is -2.33. The molecule has 1 atom stereocenters. The standard InChI is InChI=1S/C28H29N3O3/c1-16(2)15-34-20-11-9-19(10-12-20)25-21-13-30(17(3)4)24-8-6-7-22(26(21)24)29-23-14-31(18(5)32)28(33)27(23)25/h6-13,17,25,29H,1,14-15H2,2-5H3/t25-/m1/s1. The van der Waals surface area contributed by atoms with Gasteiger partial charge in [-0.15, -0.1) is 0 Å². The van der Waals surface area contributed by atoms with Gasteiger partial charge in [0.15, 0.2) is 0 Å². The zero-order chi connectivity index (χ0) is 24.1. The maximum Gasteiger partial charge on any atom is 0.259 e. The molecule has 2 aromatic carbocycles. The van der Waals surface area contributed by atoms with Gasteiger partial charge in [0.1, 0.15) is 12.4 Å². The summed E-state index contributed by atoms with van der Waals surface area (Å²) in [6, 6.07) is 14.3. The van der Waals surface area contributed by atoms with E-state index in [0.717, 1.165) is 44.7 Å². The highest BCUT2D eigenvalue weighted by atomic mass is 16.5. The minimum Gasteiger partial charge on any atom is -0.489 e. The summed E-state index contributed by atoms with van der Waals surface area (Å²) in [5.74, 6) is -0.0389. The highest BCUT2D eigenvalue weighted by Gasteiger charge is 2.41. The average molecular weight is 456 g/mol. The first-order valence-electron chi connectivity index (χ1n) is 11.6. The summed E-state index contributed by atoms with van der Waals surface area (Å²) in [4.78, 5) is 27.1. The van der Waals surface area contributed by atoms with Gasteiger partial charge < -0.3 is 14.6 Å². The summed E-state index contributed by atoms with van der Waals surface area (Å²) < 4.78 is 8.04. The number of nitrogens with zero attached hydrogens (tertiary/aromatic N) is 2. The number of ether oxygens (including phenoxy) is 1. The third kappa shape index (κ3) is 3.50. The second kappa shape index (κ2) is 8.20. The molecule has 0 saturated carbocycles. The monoisotopic (exact) mass is 455 g/mol. The van der Waals surface area contributed by atoms with Crippen LogP contribution in [0.15, 0.2) is 72.1 Å². The largest absolute Gasteiger partial charge is 0.489 e. The van der Waals surface area contributed by atoms with Crippen LogP contribution < -0.4 is 10.1 Å². The third-order valence-corrected chi connectivity index (χ3v) is 6.52. The molecule has 2 aliphatic heterocycles. The molecule has 5 rings (SSSR count). The number of nitrogens with one attached hydrogen (secondary N) is 1. The van der Waals surface area contributed by atoms with Gasteiger partial charge >= 0.3 is 0 Å². The normalized spacial score (nSPS) is 17.1. The lowest BCUT2D eigenvalue weighted by atomic mass is 9.84. The van der Waals surface area contributed by atoms with Crippen LogP contribution in [0.3, 0.4) is 0 Å². The van der Waals surface area contributed by atoms with Crippen LogP contribution in [0.1, 0.15) is 50.8 Å². The third-order valence-electron chi connectivity index (χ3n) is 6.52. The number of carbonyl (C=O) groups excluding carboxylic acids is 2. The fraction of sp³-hybridized carbons (Fsp3) is 0.286. The molecule has 6 nitrogen and oxygen atoms in total. The Hall–Kier alpha value is -3.80. The predicted molar refractivity (Wildman–Crippen MR) is 134 cm³/mol. The van der Waals surface area contributed by atoms with Gasteiger partial charge in [0, 0.05) is 41.9 Å². The Kier molecular flexibility index (Phi) is 5.31. The van der Waals surface area contributed by atoms with Gasteiger partial charge in [-0.3, -0.25) is 14.5 Å². The molecule has 3 heterocycles. The highest BCUT2D eigenvalue weighted by Crippen LogP contribution is 2.47. The fourth-order valence-electron chi connectivity index (χ4n) is 4.97. The second-order valence-electron chi connectivity index (χ2n) is 9.46. The maximum atomic E-state index is 13.5. The van der Waals surface area contributed by atoms with Crippen molar-refractivity contribution in [2.45, 2.75) is 39.7 Å². The topological polar surface area (TPSA) is 63.6 Å². The van der Waals surface area contributed by atoms with Crippen molar-refractivity contribution in [1.29, 1.82) is 0 Å². The zero-order valence-corrected chi connectivity index (χ0v) is 20.0. The molecule has 0 saturated heterocycles. The smallest absolute Gasteiger partial charge is 0.259 e. The molecule has 34 heavy (non-hydrogen) atoms. The van der Waals surface area contributed by atoms with E-state index in [-0.39, 0.29) is 30.3 Å². The van der Waals surface area contributed by atoms with Crippen molar-refractivity contribution >= 4 is 28.4 Å². The molecule has 0 unspecified atom stereocenters. The number of anilines is 1. The first-order valence-corrected chi connectivity index (χ1v) is 11.6. The van der Waals surface area contributed by atoms with Crippen molar-refractivity contribution in [3.05, 3.63) is 83.2 Å². The molecule has 0 fully saturated rings. The molecular weight excluding hydrogens is 426 g/mol. The Labute approximate surface area is 199 Å². The predicted octanol–water partition coefficient (Wildman–Crippen LogP) is 5.38. The van der Waals surface area contributed by atoms with Crippen molar-refractivity contribution < 1.29 is 14.3 Å². The Bertz CT molecular complexity index is 1360. The number of benzene rings is 2. The Balaban J connectivity index is 1.70. The van der Waals surface area contributed by atoms with Gasteiger partial charge in [0.25, 0.3) is 5.91 Å². The van der Waals surface area contributed by atoms with Crippen LogP contribution in [0.25, 0.3) is 10.9 Å². The van der Waals surface area contributed by atoms with Gasteiger partial charge in [0.05, 0.1) is 17.6 Å². The minimum atomic E-state index is -0.305. The van der Waals surface area contributed by atoms with E-state index in [4.69, 9.17) is 4.74 Å². The molecule has 0 radical (unpaired) electrons. The quantitative estimate of drug-likeness (QED) is 0.525. The molecule has 6 heteroatoms. The van der Waals surface area contributed by atoms with Crippen molar-refractivity contribution in [2.24, 2.45) is 0 Å². The first-order chi connectivity index (χ1) is 16.3. The summed E-state index contributed by atoms with van der Waals surface area (Å²) in [5, 5.41) is 4.63. The van der Waals surface area contributed by atoms with Gasteiger partial charge in [0.2, 0.25) is 5.91 Å². The van der Waals surface area contributed by atoms with Gasteiger partial charge in [-0.05, 0) is 61.7 Å². The van der Waals surface area contributed by atoms with E-state index in [1.807, 2.05) is 43.3 Å². The van der Waals surface area contributed by atoms with Crippen LogP contribution in [-0.4, -0.2) is 34.4 Å². The molecule has 0 bridgehead atoms. The molecule has 174 valence electrons. The molecular formula is C28H29N3O3. The molecule has 0 spiro atoms. The first kappa shape index (κ1) is 22.0. The summed E-state index contributed by atoms with van der Waals surface area (Å²) in [5.41, 5.74) is 6.49. The summed E-state index contributed by atoms with van der Waals surface area (Å²) in [6.07, 6.45) is 2.16. The van der Waals surface area contributed by atoms with Crippen LogP contribution in [0.5, 0.6) is 5.75 Å². The van der Waals surface area contributed by atoms with Crippen LogP contribution in [0.4, 0.5) is 5.69 Å². The van der Waals surface area contributed by atoms with E-state index in [9.17, 15) is 9.59 Å². The zero-order valence-electron chi connectivity index (χ0n) is 20.0. The van der Waals surface area contributed by atoms with Crippen molar-refractivity contribution in [3.8, 4) is 5.75 Å². The van der Waals surface area contributed by atoms with Crippen molar-refractivity contribution in [3.63, 3.8) is 0 Å². The average Bonchev–Trinajstić information content (AvgIpc) is 3.29. The number of carbonyl (C=O) groups is 2. The summed E-state index contributed by atoms with van der Waals surface area (Å²) >= 11 is 0. The van der Waals surface area contributed by atoms with E-state index < -0.39 is 0 Å². The number of imide groups is 1. The number of amides is 2. The molecule has 1 aromatic heterocycles. The maximum absolute atomic E-state index is 13.5. The van der Waals surface area contributed by atoms with E-state index in [2.05, 4.69) is 42.6 Å². The number of aromatic nitrogens is 1. The van der Waals surface area contributed by atoms with E-state index in [0.29, 0.717) is 12.2 Å². The van der Waals surface area contributed by atoms with Crippen molar-refractivity contribution in [2.75, 3.05) is 18.5 Å². The summed E-state index contributed by atoms with van der Waals surface area (Å²) in [7, 11) is 0. The summed E-state index contributed by atoms with van der Waals surface area (Å²) in [6.45, 7) is 12.3. The minimum absolute atomic E-state index is 0.235. The molecule has 2 aliphatic rings. The van der Waals surface area contributed by atoms with Gasteiger partial charge in [-0.25, -0.2) is 0 Å². The lowest BCUT2D eigenvalue weighted by molar-refractivity contribution is -0.139. The van der Waals surface area contributed by atoms with Crippen LogP contribution in [0, 0.1) is 0 Å². The van der Waals surface area contributed by atoms with E-state index >= 15 is 0 Å². The van der Waals surface area contributed by atoms with Gasteiger partial charge in [-0.2, -0.15) is 0 Å². The fourth-order valence-corrected chi connectivity index (χ4v) is 4.97. The number of hydrogen-bond donors (Lipinski definition) is 1. The Morgan fingerprint density at radius 1 is 1.18 bits per heavy atom. The molecule has 0 aliphatic carbocycles. The van der Waals surface area contributed by atoms with E-state index in [1.54, 1.807) is 0 Å². The SMILES string of the molecule is C=C(C)COc1ccc([C@H]2C3=C(CN(C(C)=O)C3=O)Nc3cccc4c3c2cn4C(C)C)cc1.